The van der Waals surface area contributed by atoms with Gasteiger partial charge < -0.3 is 4.42 Å². The molecule has 0 spiro atoms. The summed E-state index contributed by atoms with van der Waals surface area (Å²) in [4.78, 5) is 10.7. The topological polar surface area (TPSA) is 38.9 Å². The summed E-state index contributed by atoms with van der Waals surface area (Å²) in [6.07, 6.45) is 0. The van der Waals surface area contributed by atoms with E-state index in [0.29, 0.717) is 0 Å². The number of nitrogens with zero attached hydrogens (tertiary/aromatic N) is 2. The summed E-state index contributed by atoms with van der Waals surface area (Å²) in [5.41, 5.74) is 14.2. The van der Waals surface area contributed by atoms with E-state index in [1.807, 2.05) is 12.1 Å². The Balaban J connectivity index is 1.05. The van der Waals surface area contributed by atoms with Gasteiger partial charge in [0.1, 0.15) is 19.2 Å². The highest BCUT2D eigenvalue weighted by Crippen LogP contribution is 2.38. The van der Waals surface area contributed by atoms with Crippen molar-refractivity contribution in [3.05, 3.63) is 170 Å². The number of para-hydroxylation sites is 2. The quantitative estimate of drug-likeness (QED) is 0.170. The van der Waals surface area contributed by atoms with Crippen LogP contribution in [0.25, 0.3) is 89.2 Å². The Morgan fingerprint density at radius 2 is 0.942 bits per heavy atom. The average Bonchev–Trinajstić information content (AvgIpc) is 3.70. The van der Waals surface area contributed by atoms with Crippen LogP contribution in [0, 0.1) is 0 Å². The molecule has 9 aromatic rings. The normalized spacial score (nSPS) is 13.0. The SMILES string of the molecule is C[Si]1(C)c2ccccc2-c2nc(-c3cccc(-c4cccc(-c5cccc(-c6cccc7c6oc6ccccc67)c5)c4)c3)nc(-c3ccccc3)c21. The molecule has 246 valence electrons. The Morgan fingerprint density at radius 1 is 0.423 bits per heavy atom. The molecule has 0 bridgehead atoms. The Morgan fingerprint density at radius 3 is 1.71 bits per heavy atom. The number of aromatic nitrogens is 2. The fourth-order valence-corrected chi connectivity index (χ4v) is 11.3. The standard InChI is InChI=1S/C48H34N2OSi/c1-52(2)43-27-9-7-23-41(43)45-47(52)44(31-14-4-3-5-15-31)49-48(50-45)37-21-12-19-35(30-37)33-17-10-16-32(28-33)34-18-11-20-36(29-34)38-24-13-25-40-39-22-6-8-26-42(39)51-46(38)40/h3-30H,1-2H3. The minimum Gasteiger partial charge on any atom is -0.455 e. The predicted molar refractivity (Wildman–Crippen MR) is 219 cm³/mol. The molecule has 10 rings (SSSR count). The predicted octanol–water partition coefficient (Wildman–Crippen LogP) is 11.5. The summed E-state index contributed by atoms with van der Waals surface area (Å²) < 4.78 is 6.38. The number of rotatable bonds is 5. The Hall–Kier alpha value is -6.36. The molecule has 0 amide bonds. The average molecular weight is 683 g/mol. The molecule has 0 atom stereocenters. The smallest absolute Gasteiger partial charge is 0.160 e. The molecular weight excluding hydrogens is 649 g/mol. The van der Waals surface area contributed by atoms with Gasteiger partial charge in [0.15, 0.2) is 5.82 Å². The van der Waals surface area contributed by atoms with Gasteiger partial charge in [-0.25, -0.2) is 9.97 Å². The van der Waals surface area contributed by atoms with Crippen LogP contribution in [-0.2, 0) is 0 Å². The summed E-state index contributed by atoms with van der Waals surface area (Å²) >= 11 is 0. The second-order valence-corrected chi connectivity index (χ2v) is 18.5. The van der Waals surface area contributed by atoms with Crippen molar-refractivity contribution < 1.29 is 4.42 Å². The molecule has 3 nitrogen and oxygen atoms in total. The van der Waals surface area contributed by atoms with Gasteiger partial charge >= 0.3 is 0 Å². The fraction of sp³-hybridized carbons (Fsp3) is 0.0417. The maximum Gasteiger partial charge on any atom is 0.160 e. The van der Waals surface area contributed by atoms with Crippen molar-refractivity contribution in [3.63, 3.8) is 0 Å². The summed E-state index contributed by atoms with van der Waals surface area (Å²) in [5.74, 6) is 0.754. The molecule has 3 heterocycles. The van der Waals surface area contributed by atoms with Crippen molar-refractivity contribution in [2.45, 2.75) is 13.1 Å². The number of fused-ring (bicyclic) bond motifs is 6. The van der Waals surface area contributed by atoms with Crippen LogP contribution in [0.5, 0.6) is 0 Å². The van der Waals surface area contributed by atoms with Gasteiger partial charge in [-0.15, -0.1) is 0 Å². The Kier molecular flexibility index (Phi) is 6.95. The van der Waals surface area contributed by atoms with Crippen LogP contribution in [0.15, 0.2) is 174 Å². The zero-order valence-corrected chi connectivity index (χ0v) is 30.0. The van der Waals surface area contributed by atoms with Gasteiger partial charge in [-0.05, 0) is 68.0 Å². The first kappa shape index (κ1) is 30.5. The monoisotopic (exact) mass is 682 g/mol. The van der Waals surface area contributed by atoms with Crippen molar-refractivity contribution in [2.75, 3.05) is 0 Å². The molecule has 4 heteroatoms. The van der Waals surface area contributed by atoms with Gasteiger partial charge in [0.25, 0.3) is 0 Å². The lowest BCUT2D eigenvalue weighted by Gasteiger charge is -2.21. The van der Waals surface area contributed by atoms with E-state index in [2.05, 4.69) is 171 Å². The largest absolute Gasteiger partial charge is 0.455 e. The van der Waals surface area contributed by atoms with Gasteiger partial charge in [-0.2, -0.15) is 0 Å². The van der Waals surface area contributed by atoms with Crippen LogP contribution in [0.2, 0.25) is 13.1 Å². The molecule has 0 fully saturated rings. The van der Waals surface area contributed by atoms with E-state index in [0.717, 1.165) is 83.7 Å². The number of benzene rings is 7. The van der Waals surface area contributed by atoms with E-state index >= 15 is 0 Å². The van der Waals surface area contributed by atoms with E-state index in [1.54, 1.807) is 0 Å². The molecule has 0 N–H and O–H groups in total. The fourth-order valence-electron chi connectivity index (χ4n) is 8.11. The first-order valence-corrected chi connectivity index (χ1v) is 20.8. The van der Waals surface area contributed by atoms with Crippen LogP contribution in [0.4, 0.5) is 0 Å². The Bertz CT molecular complexity index is 2830. The minimum atomic E-state index is -2.01. The summed E-state index contributed by atoms with van der Waals surface area (Å²) in [7, 11) is -2.01. The van der Waals surface area contributed by atoms with Crippen molar-refractivity contribution in [1.82, 2.24) is 9.97 Å². The van der Waals surface area contributed by atoms with Crippen molar-refractivity contribution in [1.29, 1.82) is 0 Å². The lowest BCUT2D eigenvalue weighted by Crippen LogP contribution is -2.50. The third kappa shape index (κ3) is 4.87. The van der Waals surface area contributed by atoms with E-state index in [4.69, 9.17) is 14.4 Å². The number of hydrogen-bond donors (Lipinski definition) is 0. The lowest BCUT2D eigenvalue weighted by atomic mass is 9.95. The number of hydrogen-bond acceptors (Lipinski definition) is 3. The molecule has 1 aliphatic heterocycles. The maximum absolute atomic E-state index is 6.38. The van der Waals surface area contributed by atoms with E-state index in [1.165, 1.54) is 15.9 Å². The molecule has 0 unspecified atom stereocenters. The highest BCUT2D eigenvalue weighted by molar-refractivity contribution is 7.04. The summed E-state index contributed by atoms with van der Waals surface area (Å²) in [5, 5.41) is 5.03. The molecular formula is C48H34N2OSi. The maximum atomic E-state index is 6.38. The molecule has 2 aromatic heterocycles. The summed E-state index contributed by atoms with van der Waals surface area (Å²) in [6.45, 7) is 4.85. The molecule has 0 radical (unpaired) electrons. The molecule has 0 saturated carbocycles. The van der Waals surface area contributed by atoms with E-state index < -0.39 is 8.07 Å². The van der Waals surface area contributed by atoms with Gasteiger partial charge in [-0.3, -0.25) is 0 Å². The van der Waals surface area contributed by atoms with Gasteiger partial charge in [0.2, 0.25) is 0 Å². The van der Waals surface area contributed by atoms with Gasteiger partial charge in [-0.1, -0.05) is 159 Å². The lowest BCUT2D eigenvalue weighted by molar-refractivity contribution is 0.670. The third-order valence-electron chi connectivity index (χ3n) is 10.7. The number of furan rings is 1. The highest BCUT2D eigenvalue weighted by Gasteiger charge is 2.41. The van der Waals surface area contributed by atoms with Gasteiger partial charge in [0.05, 0.1) is 11.4 Å². The van der Waals surface area contributed by atoms with Crippen molar-refractivity contribution in [2.24, 2.45) is 0 Å². The van der Waals surface area contributed by atoms with Crippen molar-refractivity contribution >= 4 is 40.4 Å². The third-order valence-corrected chi connectivity index (χ3v) is 14.2. The first-order chi connectivity index (χ1) is 25.5. The van der Waals surface area contributed by atoms with Crippen LogP contribution in [0.1, 0.15) is 0 Å². The van der Waals surface area contributed by atoms with Crippen LogP contribution in [0.3, 0.4) is 0 Å². The summed E-state index contributed by atoms with van der Waals surface area (Å²) in [6, 6.07) is 60.3. The molecule has 0 aliphatic carbocycles. The second-order valence-electron chi connectivity index (χ2n) is 14.2. The van der Waals surface area contributed by atoms with Gasteiger partial charge in [0, 0.05) is 27.5 Å². The molecule has 0 saturated heterocycles. The first-order valence-electron chi connectivity index (χ1n) is 17.8. The second kappa shape index (κ2) is 11.9. The zero-order chi connectivity index (χ0) is 34.8. The minimum absolute atomic E-state index is 0.754. The zero-order valence-electron chi connectivity index (χ0n) is 29.0. The van der Waals surface area contributed by atoms with Crippen LogP contribution in [-0.4, -0.2) is 18.0 Å². The highest BCUT2D eigenvalue weighted by atomic mass is 28.3. The molecule has 52 heavy (non-hydrogen) atoms. The molecule has 7 aromatic carbocycles. The Labute approximate surface area is 303 Å². The van der Waals surface area contributed by atoms with E-state index in [9.17, 15) is 0 Å². The van der Waals surface area contributed by atoms with Crippen molar-refractivity contribution in [3.8, 4) is 67.3 Å². The van der Waals surface area contributed by atoms with Crippen LogP contribution < -0.4 is 10.4 Å². The van der Waals surface area contributed by atoms with E-state index in [-0.39, 0.29) is 0 Å². The van der Waals surface area contributed by atoms with Crippen LogP contribution >= 0.6 is 0 Å². The molecule has 1 aliphatic rings.